The van der Waals surface area contributed by atoms with Crippen molar-refractivity contribution in [1.82, 2.24) is 15.0 Å². The van der Waals surface area contributed by atoms with E-state index in [1.54, 1.807) is 13.0 Å². The Kier molecular flexibility index (Phi) is 5.05. The lowest BCUT2D eigenvalue weighted by Crippen LogP contribution is -2.20. The predicted molar refractivity (Wildman–Crippen MR) is 83.5 cm³/mol. The molecule has 0 amide bonds. The van der Waals surface area contributed by atoms with Crippen molar-refractivity contribution in [2.24, 2.45) is 10.9 Å². The van der Waals surface area contributed by atoms with Gasteiger partial charge >= 0.3 is 0 Å². The van der Waals surface area contributed by atoms with Gasteiger partial charge < -0.3 is 15.3 Å². The molecule has 0 radical (unpaired) electrons. The van der Waals surface area contributed by atoms with Gasteiger partial charge in [0.25, 0.3) is 0 Å². The van der Waals surface area contributed by atoms with E-state index in [1.807, 2.05) is 13.8 Å². The number of aromatic nitrogens is 3. The molecule has 2 rings (SSSR count). The molecule has 0 bridgehead atoms. The van der Waals surface area contributed by atoms with Gasteiger partial charge in [0.1, 0.15) is 12.9 Å². The number of hydrogen-bond acceptors (Lipinski definition) is 6. The third kappa shape index (κ3) is 3.71. The number of oxime groups is 1. The quantitative estimate of drug-likeness (QED) is 0.515. The molecular weight excluding hydrogens is 301 g/mol. The van der Waals surface area contributed by atoms with Gasteiger partial charge in [-0.15, -0.1) is 0 Å². The van der Waals surface area contributed by atoms with Crippen LogP contribution >= 0.6 is 0 Å². The zero-order valence-electron chi connectivity index (χ0n) is 13.4. The second-order valence-corrected chi connectivity index (χ2v) is 4.99. The van der Waals surface area contributed by atoms with Crippen molar-refractivity contribution in [1.29, 1.82) is 0 Å². The lowest BCUT2D eigenvalue weighted by molar-refractivity contribution is 0.212. The fourth-order valence-corrected chi connectivity index (χ4v) is 2.00. The molecule has 0 saturated carbocycles. The van der Waals surface area contributed by atoms with Gasteiger partial charge in [0.2, 0.25) is 17.5 Å². The average molecular weight is 319 g/mol. The topological polar surface area (TPSA) is 95.5 Å². The molecule has 0 aliphatic heterocycles. The van der Waals surface area contributed by atoms with Gasteiger partial charge in [-0.3, -0.25) is 4.98 Å². The smallest absolute Gasteiger partial charge is 0.225 e. The second-order valence-electron chi connectivity index (χ2n) is 4.99. The number of ether oxygens (including phenoxy) is 1. The first-order valence-electron chi connectivity index (χ1n) is 6.96. The highest BCUT2D eigenvalue weighted by molar-refractivity contribution is 5.94. The Bertz CT molecular complexity index is 734. The molecule has 122 valence electrons. The summed E-state index contributed by atoms with van der Waals surface area (Å²) in [6, 6.07) is 1.54. The van der Waals surface area contributed by atoms with E-state index in [9.17, 15) is 4.39 Å². The number of pyridine rings is 1. The molecule has 0 aliphatic carbocycles. The van der Waals surface area contributed by atoms with Crippen molar-refractivity contribution >= 4 is 5.84 Å². The molecule has 8 heteroatoms. The molecular formula is C15H18FN5O2. The first-order valence-corrected chi connectivity index (χ1v) is 6.96. The minimum atomic E-state index is -0.487. The summed E-state index contributed by atoms with van der Waals surface area (Å²) in [4.78, 5) is 16.9. The SMILES string of the molecule is CO/N=C(\N)c1nc(C)c(-c2ccncc2F)c(OC(C)C)n1. The maximum atomic E-state index is 14.1. The van der Waals surface area contributed by atoms with Crippen LogP contribution < -0.4 is 10.5 Å². The van der Waals surface area contributed by atoms with Crippen LogP contribution in [0.25, 0.3) is 11.1 Å². The molecule has 2 aromatic rings. The summed E-state index contributed by atoms with van der Waals surface area (Å²) in [7, 11) is 1.37. The molecule has 0 unspecified atom stereocenters. The highest BCUT2D eigenvalue weighted by atomic mass is 19.1. The van der Waals surface area contributed by atoms with E-state index in [0.717, 1.165) is 6.20 Å². The Morgan fingerprint density at radius 1 is 1.35 bits per heavy atom. The van der Waals surface area contributed by atoms with E-state index in [-0.39, 0.29) is 23.6 Å². The molecule has 0 aromatic carbocycles. The first kappa shape index (κ1) is 16.6. The van der Waals surface area contributed by atoms with Crippen LogP contribution in [0.1, 0.15) is 25.4 Å². The maximum Gasteiger partial charge on any atom is 0.225 e. The van der Waals surface area contributed by atoms with E-state index in [1.165, 1.54) is 13.3 Å². The maximum absolute atomic E-state index is 14.1. The minimum Gasteiger partial charge on any atom is -0.474 e. The molecule has 0 atom stereocenters. The molecule has 2 aromatic heterocycles. The van der Waals surface area contributed by atoms with Gasteiger partial charge in [-0.2, -0.15) is 4.98 Å². The van der Waals surface area contributed by atoms with E-state index in [2.05, 4.69) is 24.9 Å². The van der Waals surface area contributed by atoms with Crippen LogP contribution in [-0.4, -0.2) is 34.0 Å². The highest BCUT2D eigenvalue weighted by Gasteiger charge is 2.20. The van der Waals surface area contributed by atoms with Crippen LogP contribution in [0.15, 0.2) is 23.6 Å². The van der Waals surface area contributed by atoms with E-state index >= 15 is 0 Å². The minimum absolute atomic E-state index is 0.00552. The summed E-state index contributed by atoms with van der Waals surface area (Å²) < 4.78 is 19.8. The van der Waals surface area contributed by atoms with Gasteiger partial charge in [-0.1, -0.05) is 5.16 Å². The lowest BCUT2D eigenvalue weighted by atomic mass is 10.1. The van der Waals surface area contributed by atoms with Gasteiger partial charge in [-0.05, 0) is 26.8 Å². The Balaban J connectivity index is 2.66. The van der Waals surface area contributed by atoms with Gasteiger partial charge in [0.15, 0.2) is 0 Å². The molecule has 7 nitrogen and oxygen atoms in total. The molecule has 0 saturated heterocycles. The molecule has 2 heterocycles. The summed E-state index contributed by atoms with van der Waals surface area (Å²) >= 11 is 0. The van der Waals surface area contributed by atoms with Crippen molar-refractivity contribution < 1.29 is 14.0 Å². The fourth-order valence-electron chi connectivity index (χ4n) is 2.00. The summed E-state index contributed by atoms with van der Waals surface area (Å²) in [6.07, 6.45) is 2.45. The first-order chi connectivity index (χ1) is 10.9. The Hall–Kier alpha value is -2.77. The largest absolute Gasteiger partial charge is 0.474 e. The van der Waals surface area contributed by atoms with Crippen LogP contribution in [-0.2, 0) is 4.84 Å². The molecule has 0 spiro atoms. The Labute approximate surface area is 133 Å². The third-order valence-electron chi connectivity index (χ3n) is 2.86. The van der Waals surface area contributed by atoms with Crippen molar-refractivity contribution in [2.75, 3.05) is 7.11 Å². The third-order valence-corrected chi connectivity index (χ3v) is 2.86. The zero-order chi connectivity index (χ0) is 17.0. The average Bonchev–Trinajstić information content (AvgIpc) is 2.48. The van der Waals surface area contributed by atoms with Gasteiger partial charge in [0, 0.05) is 11.8 Å². The summed E-state index contributed by atoms with van der Waals surface area (Å²) in [5.41, 5.74) is 7.02. The molecule has 0 aliphatic rings. The van der Waals surface area contributed by atoms with Gasteiger partial charge in [-0.25, -0.2) is 9.37 Å². The summed E-state index contributed by atoms with van der Waals surface area (Å²) in [6.45, 7) is 5.40. The number of nitrogens with two attached hydrogens (primary N) is 1. The number of hydrogen-bond donors (Lipinski definition) is 1. The highest BCUT2D eigenvalue weighted by Crippen LogP contribution is 2.33. The molecule has 2 N–H and O–H groups in total. The molecule has 23 heavy (non-hydrogen) atoms. The number of nitrogens with zero attached hydrogens (tertiary/aromatic N) is 4. The number of rotatable bonds is 5. The van der Waals surface area contributed by atoms with Gasteiger partial charge in [0.05, 0.1) is 23.6 Å². The van der Waals surface area contributed by atoms with Crippen LogP contribution in [0.4, 0.5) is 4.39 Å². The Morgan fingerprint density at radius 2 is 2.09 bits per heavy atom. The van der Waals surface area contributed by atoms with E-state index in [0.29, 0.717) is 16.8 Å². The number of halogens is 1. The monoisotopic (exact) mass is 319 g/mol. The van der Waals surface area contributed by atoms with Crippen molar-refractivity contribution in [3.63, 3.8) is 0 Å². The van der Waals surface area contributed by atoms with Crippen LogP contribution in [0.5, 0.6) is 5.88 Å². The number of amidine groups is 1. The van der Waals surface area contributed by atoms with Crippen LogP contribution in [0, 0.1) is 12.7 Å². The summed E-state index contributed by atoms with van der Waals surface area (Å²) in [5, 5.41) is 3.61. The van der Waals surface area contributed by atoms with E-state index < -0.39 is 5.82 Å². The predicted octanol–water partition coefficient (Wildman–Crippen LogP) is 2.04. The normalized spacial score (nSPS) is 11.7. The standard InChI is InChI=1S/C15H18FN5O2/c1-8(2)23-15-12(10-5-6-18-7-11(10)16)9(3)19-14(20-15)13(17)21-22-4/h5-8H,1-4H3,(H2,17,21). The van der Waals surface area contributed by atoms with Crippen LogP contribution in [0.2, 0.25) is 0 Å². The van der Waals surface area contributed by atoms with Crippen LogP contribution in [0.3, 0.4) is 0 Å². The summed E-state index contributed by atoms with van der Waals surface area (Å²) in [5.74, 6) is -0.106. The van der Waals surface area contributed by atoms with Crippen molar-refractivity contribution in [2.45, 2.75) is 26.9 Å². The van der Waals surface area contributed by atoms with E-state index in [4.69, 9.17) is 10.5 Å². The number of aryl methyl sites for hydroxylation is 1. The van der Waals surface area contributed by atoms with Crippen molar-refractivity contribution in [3.05, 3.63) is 35.8 Å². The van der Waals surface area contributed by atoms with Crippen molar-refractivity contribution in [3.8, 4) is 17.0 Å². The Morgan fingerprint density at radius 3 is 2.70 bits per heavy atom. The fraction of sp³-hybridized carbons (Fsp3) is 0.333. The molecule has 0 fully saturated rings. The lowest BCUT2D eigenvalue weighted by Gasteiger charge is -2.16. The zero-order valence-corrected chi connectivity index (χ0v) is 13.4. The second kappa shape index (κ2) is 6.99.